The van der Waals surface area contributed by atoms with Gasteiger partial charge in [-0.2, -0.15) is 0 Å². The van der Waals surface area contributed by atoms with E-state index in [4.69, 9.17) is 23.2 Å². The van der Waals surface area contributed by atoms with Crippen LogP contribution in [0.2, 0.25) is 0 Å². The number of rotatable bonds is 2. The lowest BCUT2D eigenvalue weighted by atomic mass is 10.2. The first kappa shape index (κ1) is 9.26. The fourth-order valence-electron chi connectivity index (χ4n) is 1.01. The summed E-state index contributed by atoms with van der Waals surface area (Å²) in [6, 6.07) is -0.219. The molecule has 1 heterocycles. The number of nitrogens with one attached hydrogen (secondary N) is 2. The van der Waals surface area contributed by atoms with Gasteiger partial charge in [0, 0.05) is 19.6 Å². The third-order valence-electron chi connectivity index (χ3n) is 1.60. The zero-order chi connectivity index (χ0) is 8.27. The van der Waals surface area contributed by atoms with Gasteiger partial charge in [0.15, 0.2) is 10.6 Å². The van der Waals surface area contributed by atoms with Gasteiger partial charge < -0.3 is 10.6 Å². The molecule has 0 aromatic rings. The first-order valence-corrected chi connectivity index (χ1v) is 4.35. The maximum Gasteiger partial charge on any atom is 0.183 e. The van der Waals surface area contributed by atoms with E-state index in [0.717, 1.165) is 13.1 Å². The van der Waals surface area contributed by atoms with Crippen LogP contribution in [0.15, 0.2) is 0 Å². The SMILES string of the molecule is O=C(C(Cl)Cl)C1CNCCN1. The van der Waals surface area contributed by atoms with Crippen molar-refractivity contribution in [3.05, 3.63) is 0 Å². The number of carbonyl (C=O) groups excluding carboxylic acids is 1. The van der Waals surface area contributed by atoms with Crippen LogP contribution in [-0.4, -0.2) is 36.3 Å². The van der Waals surface area contributed by atoms with Crippen molar-refractivity contribution in [2.45, 2.75) is 10.9 Å². The van der Waals surface area contributed by atoms with Crippen LogP contribution in [-0.2, 0) is 4.79 Å². The van der Waals surface area contributed by atoms with E-state index < -0.39 is 4.84 Å². The molecule has 1 fully saturated rings. The molecule has 0 aromatic carbocycles. The van der Waals surface area contributed by atoms with Crippen molar-refractivity contribution in [2.24, 2.45) is 0 Å². The lowest BCUT2D eigenvalue weighted by Crippen LogP contribution is -2.53. The summed E-state index contributed by atoms with van der Waals surface area (Å²) in [4.78, 5) is 10.2. The van der Waals surface area contributed by atoms with E-state index >= 15 is 0 Å². The minimum Gasteiger partial charge on any atom is -0.313 e. The van der Waals surface area contributed by atoms with Crippen LogP contribution >= 0.6 is 23.2 Å². The van der Waals surface area contributed by atoms with Crippen molar-refractivity contribution in [3.8, 4) is 0 Å². The molecule has 1 atom stereocenters. The highest BCUT2D eigenvalue weighted by Gasteiger charge is 2.24. The molecule has 0 aromatic heterocycles. The molecule has 11 heavy (non-hydrogen) atoms. The van der Waals surface area contributed by atoms with E-state index in [2.05, 4.69) is 10.6 Å². The average molecular weight is 197 g/mol. The molecule has 1 aliphatic rings. The third kappa shape index (κ3) is 2.60. The highest BCUT2D eigenvalue weighted by molar-refractivity contribution is 6.54. The Morgan fingerprint density at radius 3 is 2.64 bits per heavy atom. The van der Waals surface area contributed by atoms with Crippen LogP contribution in [0.3, 0.4) is 0 Å². The van der Waals surface area contributed by atoms with E-state index in [0.29, 0.717) is 6.54 Å². The Balaban J connectivity index is 2.39. The number of alkyl halides is 2. The van der Waals surface area contributed by atoms with E-state index in [1.165, 1.54) is 0 Å². The second-order valence-corrected chi connectivity index (χ2v) is 3.51. The van der Waals surface area contributed by atoms with Crippen LogP contribution < -0.4 is 10.6 Å². The molecule has 2 N–H and O–H groups in total. The smallest absolute Gasteiger partial charge is 0.183 e. The van der Waals surface area contributed by atoms with Gasteiger partial charge in [0.05, 0.1) is 6.04 Å². The largest absolute Gasteiger partial charge is 0.313 e. The molecule has 64 valence electrons. The van der Waals surface area contributed by atoms with Crippen LogP contribution in [0.4, 0.5) is 0 Å². The minimum absolute atomic E-state index is 0.152. The number of halogens is 2. The summed E-state index contributed by atoms with van der Waals surface area (Å²) < 4.78 is 0. The summed E-state index contributed by atoms with van der Waals surface area (Å²) in [7, 11) is 0. The Kier molecular flexibility index (Phi) is 3.59. The third-order valence-corrected chi connectivity index (χ3v) is 2.03. The van der Waals surface area contributed by atoms with E-state index in [-0.39, 0.29) is 11.8 Å². The number of hydrogen-bond acceptors (Lipinski definition) is 3. The van der Waals surface area contributed by atoms with Gasteiger partial charge in [-0.1, -0.05) is 23.2 Å². The molecule has 0 bridgehead atoms. The van der Waals surface area contributed by atoms with Gasteiger partial charge >= 0.3 is 0 Å². The van der Waals surface area contributed by atoms with Crippen LogP contribution in [0, 0.1) is 0 Å². The van der Waals surface area contributed by atoms with E-state index in [1.807, 2.05) is 0 Å². The maximum atomic E-state index is 11.1. The summed E-state index contributed by atoms with van der Waals surface area (Å²) in [5, 5.41) is 6.09. The molecule has 0 aliphatic carbocycles. The van der Waals surface area contributed by atoms with Crippen LogP contribution in [0.1, 0.15) is 0 Å². The van der Waals surface area contributed by atoms with E-state index in [9.17, 15) is 4.79 Å². The van der Waals surface area contributed by atoms with Crippen LogP contribution in [0.25, 0.3) is 0 Å². The fraction of sp³-hybridized carbons (Fsp3) is 0.833. The number of piperazine rings is 1. The van der Waals surface area contributed by atoms with Crippen molar-refractivity contribution >= 4 is 29.0 Å². The topological polar surface area (TPSA) is 41.1 Å². The molecule has 1 rings (SSSR count). The van der Waals surface area contributed by atoms with Crippen LogP contribution in [0.5, 0.6) is 0 Å². The Labute approximate surface area is 75.4 Å². The Bertz CT molecular complexity index is 146. The zero-order valence-electron chi connectivity index (χ0n) is 5.94. The molecular weight excluding hydrogens is 187 g/mol. The molecular formula is C6H10Cl2N2O. The minimum atomic E-state index is -0.910. The normalized spacial score (nSPS) is 25.5. The second-order valence-electron chi connectivity index (χ2n) is 2.41. The first-order valence-electron chi connectivity index (χ1n) is 3.48. The van der Waals surface area contributed by atoms with Gasteiger partial charge in [-0.05, 0) is 0 Å². The van der Waals surface area contributed by atoms with E-state index in [1.54, 1.807) is 0 Å². The number of Topliss-reactive ketones (excluding diaryl/α,β-unsaturated/α-hetero) is 1. The molecule has 3 nitrogen and oxygen atoms in total. The standard InChI is InChI=1S/C6H10Cl2N2O/c7-6(8)5(11)4-3-9-1-2-10-4/h4,6,9-10H,1-3H2. The summed E-state index contributed by atoms with van der Waals surface area (Å²) >= 11 is 10.8. The molecule has 5 heteroatoms. The number of hydrogen-bond donors (Lipinski definition) is 2. The molecule has 1 saturated heterocycles. The Morgan fingerprint density at radius 2 is 2.18 bits per heavy atom. The summed E-state index contributed by atoms with van der Waals surface area (Å²) in [6.45, 7) is 2.30. The van der Waals surface area contributed by atoms with Gasteiger partial charge in [0.1, 0.15) is 0 Å². The lowest BCUT2D eigenvalue weighted by molar-refractivity contribution is -0.119. The fourth-order valence-corrected chi connectivity index (χ4v) is 1.31. The van der Waals surface area contributed by atoms with Gasteiger partial charge in [0.2, 0.25) is 0 Å². The van der Waals surface area contributed by atoms with Gasteiger partial charge in [0.25, 0.3) is 0 Å². The van der Waals surface area contributed by atoms with Crippen molar-refractivity contribution in [3.63, 3.8) is 0 Å². The maximum absolute atomic E-state index is 11.1. The molecule has 1 aliphatic heterocycles. The van der Waals surface area contributed by atoms with Gasteiger partial charge in [-0.25, -0.2) is 0 Å². The highest BCUT2D eigenvalue weighted by Crippen LogP contribution is 2.06. The number of carbonyl (C=O) groups is 1. The molecule has 1 unspecified atom stereocenters. The molecule has 0 saturated carbocycles. The Morgan fingerprint density at radius 1 is 1.45 bits per heavy atom. The zero-order valence-corrected chi connectivity index (χ0v) is 7.45. The lowest BCUT2D eigenvalue weighted by Gasteiger charge is -2.23. The highest BCUT2D eigenvalue weighted by atomic mass is 35.5. The Hall–Kier alpha value is 0.170. The van der Waals surface area contributed by atoms with Crippen molar-refractivity contribution in [1.29, 1.82) is 0 Å². The molecule has 0 amide bonds. The summed E-state index contributed by atoms with van der Waals surface area (Å²) in [5.74, 6) is -0.152. The second kappa shape index (κ2) is 4.26. The predicted molar refractivity (Wildman–Crippen MR) is 45.2 cm³/mol. The predicted octanol–water partition coefficient (Wildman–Crippen LogP) is -0.0794. The van der Waals surface area contributed by atoms with Crippen molar-refractivity contribution in [2.75, 3.05) is 19.6 Å². The van der Waals surface area contributed by atoms with Gasteiger partial charge in [-0.15, -0.1) is 0 Å². The average Bonchev–Trinajstić information content (AvgIpc) is 2.05. The quantitative estimate of drug-likeness (QED) is 0.608. The summed E-state index contributed by atoms with van der Waals surface area (Å²) in [5.41, 5.74) is 0. The summed E-state index contributed by atoms with van der Waals surface area (Å²) in [6.07, 6.45) is 0. The molecule has 0 radical (unpaired) electrons. The number of ketones is 1. The monoisotopic (exact) mass is 196 g/mol. The van der Waals surface area contributed by atoms with Crippen molar-refractivity contribution in [1.82, 2.24) is 10.6 Å². The first-order chi connectivity index (χ1) is 5.22. The molecule has 0 spiro atoms. The van der Waals surface area contributed by atoms with Gasteiger partial charge in [-0.3, -0.25) is 4.79 Å². The van der Waals surface area contributed by atoms with Crippen molar-refractivity contribution < 1.29 is 4.79 Å².